The Hall–Kier alpha value is -1.76. The second-order valence-electron chi connectivity index (χ2n) is 22.1. The molecule has 31 heteroatoms. The number of ether oxygens (including phenoxy) is 5. The van der Waals surface area contributed by atoms with Crippen molar-refractivity contribution in [3.63, 3.8) is 0 Å². The van der Waals surface area contributed by atoms with Crippen molar-refractivity contribution in [3.8, 4) is 0 Å². The molecule has 0 unspecified atom stereocenters. The first kappa shape index (κ1) is 78.7. The maximum atomic E-state index is 11.6. The van der Waals surface area contributed by atoms with E-state index in [2.05, 4.69) is 41.2 Å². The molecule has 74 heavy (non-hydrogen) atoms. The molecule has 0 heterocycles. The van der Waals surface area contributed by atoms with Crippen LogP contribution in [0.25, 0.3) is 0 Å². The van der Waals surface area contributed by atoms with Gasteiger partial charge in [-0.1, -0.05) is 35.9 Å². The minimum Gasteiger partial charge on any atom is -0.443 e. The number of halogens is 1. The van der Waals surface area contributed by atoms with E-state index in [-0.39, 0.29) is 24.1 Å². The van der Waals surface area contributed by atoms with Crippen molar-refractivity contribution >= 4 is 97.2 Å². The molecule has 0 saturated heterocycles. The van der Waals surface area contributed by atoms with Crippen LogP contribution in [-0.2, 0) is 73.8 Å². The molecule has 0 aromatic rings. The summed E-state index contributed by atoms with van der Waals surface area (Å²) in [6.07, 6.45) is 5.22. The van der Waals surface area contributed by atoms with Crippen LogP contribution in [0.2, 0.25) is 0 Å². The van der Waals surface area contributed by atoms with Gasteiger partial charge in [-0.2, -0.15) is 6.42 Å². The number of hydrogen-bond donors (Lipinski definition) is 5. The average molecular weight is 1270 g/mol. The van der Waals surface area contributed by atoms with E-state index in [9.17, 15) is 61.3 Å². The Labute approximate surface area is 469 Å². The second-order valence-corrected chi connectivity index (χ2v) is 32.2. The van der Waals surface area contributed by atoms with Gasteiger partial charge in [0.1, 0.15) is 22.4 Å². The molecular weight excluding hydrogens is 1180 g/mol. The van der Waals surface area contributed by atoms with Crippen LogP contribution in [0.1, 0.15) is 188 Å². The van der Waals surface area contributed by atoms with Crippen molar-refractivity contribution in [2.75, 3.05) is 4.93 Å². The number of carbonyl (C=O) groups excluding carboxylic acids is 4. The molecule has 5 fully saturated rings. The fraction of sp³-hybridized carbons (Fsp3) is 0.884. The molecule has 436 valence electrons. The van der Waals surface area contributed by atoms with Crippen molar-refractivity contribution in [1.29, 1.82) is 0 Å². The standard InChI is InChI=1S/C10H18O5.C9H17NO4S.C8H15NO4S.2C4H9NO2S.C4H9.C3H7NO2S.CH3I.Li/c1-9(2,3)14-7(11)13-8(12)15-10(4,5)6;1-8(2,3)14-7(11)10-15(12,13)9(4)5-6-9;1-8(2,3)13-7(10)9-14(11,12)6-4-5-6;2*1-4(2-3-4)8(5,6)7;1-3-4-2;4-7(5,6)3-1-2-3;1-2;/h1-6H3;5-6H2,1-4H3,(H,10,11);6H,4-5H2,1-3H3,(H,9,10);2*2-3H2,1H3,(H2,5,6,7);1,3-4H2,2H3;3H,1-2H2,(H2,4,5,6);1H3;/q;;;;;-1;;;+1. The summed E-state index contributed by atoms with van der Waals surface area (Å²) in [6, 6.07) is 0. The molecule has 0 atom stereocenters. The van der Waals surface area contributed by atoms with Crippen molar-refractivity contribution < 1.29 is 104 Å². The van der Waals surface area contributed by atoms with Gasteiger partial charge < -0.3 is 30.6 Å². The Morgan fingerprint density at radius 1 is 0.527 bits per heavy atom. The first-order chi connectivity index (χ1) is 32.2. The minimum absolute atomic E-state index is 0. The van der Waals surface area contributed by atoms with E-state index in [1.807, 2.05) is 14.4 Å². The predicted molar refractivity (Wildman–Crippen MR) is 289 cm³/mol. The Bertz CT molecular complexity index is 2290. The van der Waals surface area contributed by atoms with Gasteiger partial charge in [-0.15, -0.1) is 0 Å². The smallest absolute Gasteiger partial charge is 0.443 e. The second kappa shape index (κ2) is 30.6. The van der Waals surface area contributed by atoms with Gasteiger partial charge in [0.05, 0.1) is 24.7 Å². The number of rotatable bonds is 8. The SMILES string of the molecule is CC(C)(C)OC(=O)NS(=O)(=O)C1(C)CC1.CC(C)(C)OC(=O)NS(=O)(=O)C1CC1.CC(C)(C)OC(=O)OC(=O)OC(C)(C)C.CC1(S(N)(=O)=O)CC1.CC1(S(N)(=O)=O)CC1.CI.NS(=O)(=O)C1CC1.[CH2-]CCC.[Li+]. The first-order valence-corrected chi connectivity index (χ1v) is 33.0. The number of unbranched alkanes of at least 4 members (excludes halogenated alkanes) is 1. The van der Waals surface area contributed by atoms with Crippen molar-refractivity contribution in [1.82, 2.24) is 9.44 Å². The number of nitrogens with one attached hydrogen (secondary N) is 2. The van der Waals surface area contributed by atoms with Crippen LogP contribution in [0.15, 0.2) is 0 Å². The molecule has 0 aromatic heterocycles. The van der Waals surface area contributed by atoms with E-state index >= 15 is 0 Å². The molecule has 0 aromatic carbocycles. The maximum absolute atomic E-state index is 11.6. The summed E-state index contributed by atoms with van der Waals surface area (Å²) >= 11 is 2.15. The predicted octanol–water partition coefficient (Wildman–Crippen LogP) is 4.04. The summed E-state index contributed by atoms with van der Waals surface area (Å²) < 4.78 is 133. The largest absolute Gasteiger partial charge is 1.00 e. The van der Waals surface area contributed by atoms with Gasteiger partial charge in [-0.05, 0) is 173 Å². The van der Waals surface area contributed by atoms with Gasteiger partial charge in [0.15, 0.2) is 0 Å². The molecule has 0 bridgehead atoms. The van der Waals surface area contributed by atoms with Gasteiger partial charge in [0, 0.05) is 0 Å². The third kappa shape index (κ3) is 38.7. The van der Waals surface area contributed by atoms with Gasteiger partial charge >= 0.3 is 43.4 Å². The van der Waals surface area contributed by atoms with Crippen LogP contribution in [0.3, 0.4) is 0 Å². The summed E-state index contributed by atoms with van der Waals surface area (Å²) in [4.78, 5) is 46.3. The number of alkyl halides is 1. The molecule has 0 spiro atoms. The molecular formula is C43H87ILiN5O19S5. The molecule has 5 aliphatic carbocycles. The van der Waals surface area contributed by atoms with E-state index in [1.54, 1.807) is 104 Å². The van der Waals surface area contributed by atoms with Crippen LogP contribution in [0.5, 0.6) is 0 Å². The van der Waals surface area contributed by atoms with E-state index in [1.165, 1.54) is 6.42 Å². The fourth-order valence-corrected chi connectivity index (χ4v) is 8.26. The quantitative estimate of drug-likeness (QED) is 0.0435. The molecule has 5 aliphatic rings. The van der Waals surface area contributed by atoms with E-state index in [4.69, 9.17) is 34.4 Å². The van der Waals surface area contributed by atoms with Gasteiger partial charge in [0.25, 0.3) is 0 Å². The average Bonchev–Trinajstić information content (AvgIpc) is 3.93. The van der Waals surface area contributed by atoms with Crippen LogP contribution in [0.4, 0.5) is 19.2 Å². The first-order valence-electron chi connectivity index (χ1n) is 23.1. The maximum Gasteiger partial charge on any atom is 1.00 e. The van der Waals surface area contributed by atoms with Crippen molar-refractivity contribution in [2.24, 2.45) is 15.4 Å². The molecule has 5 saturated carbocycles. The molecule has 2 amide bonds. The number of hydrogen-bond acceptors (Lipinski definition) is 19. The van der Waals surface area contributed by atoms with E-state index in [0.717, 1.165) is 44.9 Å². The number of amides is 2. The fourth-order valence-electron chi connectivity index (χ4n) is 3.78. The zero-order chi connectivity index (χ0) is 58.9. The third-order valence-corrected chi connectivity index (χ3v) is 18.3. The molecule has 5 rings (SSSR count). The van der Waals surface area contributed by atoms with Crippen LogP contribution < -0.4 is 43.7 Å². The van der Waals surface area contributed by atoms with Crippen LogP contribution >= 0.6 is 22.6 Å². The van der Waals surface area contributed by atoms with Gasteiger partial charge in [-0.25, -0.2) is 86.1 Å². The van der Waals surface area contributed by atoms with Crippen molar-refractivity contribution in [2.45, 2.75) is 235 Å². The Morgan fingerprint density at radius 3 is 0.946 bits per heavy atom. The summed E-state index contributed by atoms with van der Waals surface area (Å²) in [5.41, 5.74) is -2.76. The minimum atomic E-state index is -3.58. The Kier molecular flexibility index (Phi) is 32.5. The number of primary sulfonamides is 3. The summed E-state index contributed by atoms with van der Waals surface area (Å²) in [5.74, 6) is 0. The van der Waals surface area contributed by atoms with Crippen molar-refractivity contribution in [3.05, 3.63) is 6.92 Å². The monoisotopic (exact) mass is 1270 g/mol. The van der Waals surface area contributed by atoms with Crippen LogP contribution in [-0.4, -0.2) is 119 Å². The number of carbonyl (C=O) groups is 4. The van der Waals surface area contributed by atoms with Crippen LogP contribution in [0, 0.1) is 6.92 Å². The normalized spacial score (nSPS) is 17.8. The third-order valence-electron chi connectivity index (χ3n) is 9.38. The van der Waals surface area contributed by atoms with Gasteiger partial charge in [-0.3, -0.25) is 0 Å². The van der Waals surface area contributed by atoms with E-state index < -0.39 is 117 Å². The molecule has 24 nitrogen and oxygen atoms in total. The Morgan fingerprint density at radius 2 is 0.784 bits per heavy atom. The molecule has 8 N–H and O–H groups in total. The summed E-state index contributed by atoms with van der Waals surface area (Å²) in [6.45, 7) is 30.8. The zero-order valence-corrected chi connectivity index (χ0v) is 53.0. The zero-order valence-electron chi connectivity index (χ0n) is 46.8. The van der Waals surface area contributed by atoms with Gasteiger partial charge in [0.2, 0.25) is 50.1 Å². The molecule has 0 aliphatic heterocycles. The molecule has 0 radical (unpaired) electrons. The van der Waals surface area contributed by atoms with E-state index in [0.29, 0.717) is 25.7 Å². The number of nitrogens with two attached hydrogens (primary N) is 3. The summed E-state index contributed by atoms with van der Waals surface area (Å²) in [7, 11) is -16.7. The topological polar surface area (TPSA) is 387 Å². The summed E-state index contributed by atoms with van der Waals surface area (Å²) in [5, 5.41) is 13.8. The Balaban J connectivity index is -0.000000395. The number of sulfonamides is 5.